The number of nitrogens with zero attached hydrogens (tertiary/aromatic N) is 3. The topological polar surface area (TPSA) is 47.2 Å². The van der Waals surface area contributed by atoms with Gasteiger partial charge in [-0.3, -0.25) is 18.8 Å². The Morgan fingerprint density at radius 3 is 2.17 bits per heavy atom. The minimum absolute atomic E-state index is 0.0486. The molecule has 4 rings (SSSR count). The third-order valence-corrected chi connectivity index (χ3v) is 5.58. The highest BCUT2D eigenvalue weighted by Crippen LogP contribution is 2.27. The average Bonchev–Trinajstić information content (AvgIpc) is 3.14. The summed E-state index contributed by atoms with van der Waals surface area (Å²) in [5.74, 6) is -2.93. The number of rotatable bonds is 5. The second-order valence-corrected chi connectivity index (χ2v) is 7.87. The van der Waals surface area contributed by atoms with Gasteiger partial charge in [0.05, 0.1) is 12.1 Å². The summed E-state index contributed by atoms with van der Waals surface area (Å²) in [6.07, 6.45) is 0. The maximum absolute atomic E-state index is 13.4. The Labute approximate surface area is 172 Å². The summed E-state index contributed by atoms with van der Waals surface area (Å²) in [4.78, 5) is 28.0. The number of hydrogen-bond acceptors (Lipinski definition) is 3. The summed E-state index contributed by atoms with van der Waals surface area (Å²) in [5.41, 5.74) is 2.31. The van der Waals surface area contributed by atoms with Gasteiger partial charge in [-0.15, -0.1) is 0 Å². The molecule has 0 saturated carbocycles. The molecule has 30 heavy (non-hydrogen) atoms. The Morgan fingerprint density at radius 2 is 1.53 bits per heavy atom. The van der Waals surface area contributed by atoms with Crippen molar-refractivity contribution in [1.82, 2.24) is 14.0 Å². The molecule has 0 amide bonds. The van der Waals surface area contributed by atoms with Crippen molar-refractivity contribution in [1.29, 1.82) is 0 Å². The first-order valence-corrected chi connectivity index (χ1v) is 9.79. The van der Waals surface area contributed by atoms with Crippen molar-refractivity contribution in [3.05, 3.63) is 103 Å². The largest absolute Gasteiger partial charge is 0.331 e. The molecule has 1 aliphatic rings. The van der Waals surface area contributed by atoms with E-state index in [-0.39, 0.29) is 17.7 Å². The lowest BCUT2D eigenvalue weighted by molar-refractivity contribution is 0.0174. The minimum Gasteiger partial charge on any atom is -0.299 e. The zero-order chi connectivity index (χ0) is 21.5. The normalized spacial score (nSPS) is 14.1. The van der Waals surface area contributed by atoms with Crippen LogP contribution in [0.1, 0.15) is 34.9 Å². The van der Waals surface area contributed by atoms with Crippen LogP contribution in [0.15, 0.2) is 64.2 Å². The highest BCUT2D eigenvalue weighted by Gasteiger charge is 2.27. The van der Waals surface area contributed by atoms with Crippen molar-refractivity contribution in [2.75, 3.05) is 0 Å². The van der Waals surface area contributed by atoms with Crippen LogP contribution in [0.3, 0.4) is 0 Å². The molecule has 0 unspecified atom stereocenters. The van der Waals surface area contributed by atoms with Crippen LogP contribution in [0.4, 0.5) is 8.78 Å². The molecule has 1 aliphatic heterocycles. The molecule has 0 spiro atoms. The van der Waals surface area contributed by atoms with Crippen LogP contribution in [0.25, 0.3) is 0 Å². The predicted molar refractivity (Wildman–Crippen MR) is 110 cm³/mol. The molecule has 156 valence electrons. The monoisotopic (exact) mass is 411 g/mol. The van der Waals surface area contributed by atoms with Gasteiger partial charge in [-0.2, -0.15) is 0 Å². The number of halogens is 2. The van der Waals surface area contributed by atoms with Crippen molar-refractivity contribution in [3.8, 4) is 0 Å². The molecule has 0 atom stereocenters. The van der Waals surface area contributed by atoms with Crippen LogP contribution in [-0.4, -0.2) is 14.0 Å². The number of fused-ring (bicyclic) bond motifs is 1. The maximum Gasteiger partial charge on any atom is 0.331 e. The molecular weight excluding hydrogens is 388 g/mol. The zero-order valence-corrected chi connectivity index (χ0v) is 16.9. The number of alkyl halides is 2. The van der Waals surface area contributed by atoms with Gasteiger partial charge in [0.2, 0.25) is 0 Å². The zero-order valence-electron chi connectivity index (χ0n) is 16.9. The lowest BCUT2D eigenvalue weighted by Gasteiger charge is -2.14. The number of aromatic nitrogens is 2. The summed E-state index contributed by atoms with van der Waals surface area (Å²) < 4.78 is 29.6. The Kier molecular flexibility index (Phi) is 5.15. The molecule has 3 aromatic rings. The van der Waals surface area contributed by atoms with E-state index in [1.807, 2.05) is 30.3 Å². The van der Waals surface area contributed by atoms with Gasteiger partial charge in [-0.05, 0) is 11.1 Å². The Bertz CT molecular complexity index is 1180. The summed E-state index contributed by atoms with van der Waals surface area (Å²) in [6, 6.07) is 15.7. The third kappa shape index (κ3) is 3.85. The molecule has 7 heteroatoms. The third-order valence-electron chi connectivity index (χ3n) is 5.58. The molecule has 0 bridgehead atoms. The number of benzene rings is 2. The fraction of sp³-hybridized carbons (Fsp3) is 0.304. The van der Waals surface area contributed by atoms with E-state index >= 15 is 0 Å². The molecule has 0 radical (unpaired) electrons. The smallest absolute Gasteiger partial charge is 0.299 e. The fourth-order valence-corrected chi connectivity index (χ4v) is 3.90. The molecule has 5 nitrogen and oxygen atoms in total. The molecule has 0 fully saturated rings. The van der Waals surface area contributed by atoms with E-state index in [0.717, 1.165) is 18.2 Å². The van der Waals surface area contributed by atoms with Crippen molar-refractivity contribution in [2.45, 2.75) is 39.0 Å². The van der Waals surface area contributed by atoms with Gasteiger partial charge in [0.25, 0.3) is 11.5 Å². The van der Waals surface area contributed by atoms with Gasteiger partial charge in [-0.1, -0.05) is 54.6 Å². The van der Waals surface area contributed by atoms with Gasteiger partial charge < -0.3 is 0 Å². The average molecular weight is 411 g/mol. The van der Waals surface area contributed by atoms with Gasteiger partial charge in [0, 0.05) is 44.9 Å². The van der Waals surface area contributed by atoms with E-state index in [2.05, 4.69) is 4.90 Å². The van der Waals surface area contributed by atoms with Crippen LogP contribution in [0.5, 0.6) is 0 Å². The first-order chi connectivity index (χ1) is 14.2. The van der Waals surface area contributed by atoms with Crippen molar-refractivity contribution in [3.63, 3.8) is 0 Å². The molecule has 2 aromatic carbocycles. The Balaban J connectivity index is 1.62. The van der Waals surface area contributed by atoms with Gasteiger partial charge in [0.1, 0.15) is 0 Å². The molecule has 0 aliphatic carbocycles. The first kappa shape index (κ1) is 20.2. The second kappa shape index (κ2) is 7.65. The Morgan fingerprint density at radius 1 is 0.900 bits per heavy atom. The molecular formula is C23H23F2N3O2. The van der Waals surface area contributed by atoms with Gasteiger partial charge >= 0.3 is 5.69 Å². The summed E-state index contributed by atoms with van der Waals surface area (Å²) >= 11 is 0. The SMILES string of the molecule is Cn1c2c(c(=O)n(Cc3ccc(C(C)(F)F)cc3)c1=O)CN(Cc1ccccc1)C2. The number of hydrogen-bond donors (Lipinski definition) is 0. The molecule has 1 aromatic heterocycles. The second-order valence-electron chi connectivity index (χ2n) is 7.87. The van der Waals surface area contributed by atoms with E-state index in [0.29, 0.717) is 30.8 Å². The van der Waals surface area contributed by atoms with Crippen LogP contribution < -0.4 is 11.2 Å². The fourth-order valence-electron chi connectivity index (χ4n) is 3.90. The Hall–Kier alpha value is -3.06. The van der Waals surface area contributed by atoms with Crippen LogP contribution >= 0.6 is 0 Å². The summed E-state index contributed by atoms with van der Waals surface area (Å²) in [7, 11) is 1.67. The quantitative estimate of drug-likeness (QED) is 0.648. The van der Waals surface area contributed by atoms with Crippen molar-refractivity contribution >= 4 is 0 Å². The van der Waals surface area contributed by atoms with Crippen molar-refractivity contribution in [2.24, 2.45) is 7.05 Å². The summed E-state index contributed by atoms with van der Waals surface area (Å²) in [5, 5.41) is 0. The lowest BCUT2D eigenvalue weighted by atomic mass is 10.1. The highest BCUT2D eigenvalue weighted by molar-refractivity contribution is 5.27. The first-order valence-electron chi connectivity index (χ1n) is 9.79. The predicted octanol–water partition coefficient (Wildman–Crippen LogP) is 3.22. The highest BCUT2D eigenvalue weighted by atomic mass is 19.3. The van der Waals surface area contributed by atoms with E-state index in [1.54, 1.807) is 7.05 Å². The van der Waals surface area contributed by atoms with E-state index in [9.17, 15) is 18.4 Å². The van der Waals surface area contributed by atoms with E-state index in [1.165, 1.54) is 33.4 Å². The van der Waals surface area contributed by atoms with Crippen LogP contribution in [0, 0.1) is 0 Å². The van der Waals surface area contributed by atoms with Gasteiger partial charge in [0.15, 0.2) is 0 Å². The molecule has 0 N–H and O–H groups in total. The van der Waals surface area contributed by atoms with Gasteiger partial charge in [-0.25, -0.2) is 13.6 Å². The van der Waals surface area contributed by atoms with E-state index in [4.69, 9.17) is 0 Å². The maximum atomic E-state index is 13.4. The summed E-state index contributed by atoms with van der Waals surface area (Å²) in [6.45, 7) is 2.58. The lowest BCUT2D eigenvalue weighted by Crippen LogP contribution is -2.41. The molecule has 2 heterocycles. The van der Waals surface area contributed by atoms with Crippen LogP contribution in [-0.2, 0) is 39.1 Å². The van der Waals surface area contributed by atoms with E-state index < -0.39 is 11.6 Å². The standard InChI is InChI=1S/C23H23F2N3O2/c1-23(24,25)18-10-8-17(9-11-18)13-28-21(29)19-14-27(12-16-6-4-3-5-7-16)15-20(19)26(2)22(28)30/h3-11H,12-15H2,1-2H3. The van der Waals surface area contributed by atoms with Crippen LogP contribution in [0.2, 0.25) is 0 Å². The van der Waals surface area contributed by atoms with Crippen molar-refractivity contribution < 1.29 is 8.78 Å². The minimum atomic E-state index is -2.93. The molecule has 0 saturated heterocycles.